The van der Waals surface area contributed by atoms with Gasteiger partial charge >= 0.3 is 0 Å². The quantitative estimate of drug-likeness (QED) is 0.885. The first-order chi connectivity index (χ1) is 10.6. The molecule has 0 atom stereocenters. The number of hydrogen-bond donors (Lipinski definition) is 1. The number of benzene rings is 2. The highest BCUT2D eigenvalue weighted by atomic mass is 16.2. The average molecular weight is 294 g/mol. The van der Waals surface area contributed by atoms with Crippen LogP contribution in [0, 0.1) is 0 Å². The zero-order valence-corrected chi connectivity index (χ0v) is 12.0. The Hall–Kier alpha value is -2.95. The van der Waals surface area contributed by atoms with Crippen molar-refractivity contribution in [2.45, 2.75) is 13.3 Å². The van der Waals surface area contributed by atoms with Crippen molar-refractivity contribution < 1.29 is 14.4 Å². The van der Waals surface area contributed by atoms with E-state index in [0.29, 0.717) is 28.9 Å². The van der Waals surface area contributed by atoms with Gasteiger partial charge in [0.25, 0.3) is 11.8 Å². The molecule has 110 valence electrons. The Morgan fingerprint density at radius 3 is 2.36 bits per heavy atom. The van der Waals surface area contributed by atoms with Crippen molar-refractivity contribution in [3.63, 3.8) is 0 Å². The molecule has 0 aliphatic carbocycles. The number of carbonyl (C=O) groups is 3. The van der Waals surface area contributed by atoms with E-state index in [1.54, 1.807) is 49.4 Å². The van der Waals surface area contributed by atoms with E-state index in [4.69, 9.17) is 0 Å². The second-order valence-electron chi connectivity index (χ2n) is 4.94. The van der Waals surface area contributed by atoms with Crippen LogP contribution in [0.5, 0.6) is 0 Å². The van der Waals surface area contributed by atoms with Crippen molar-refractivity contribution in [2.75, 3.05) is 10.2 Å². The van der Waals surface area contributed by atoms with E-state index >= 15 is 0 Å². The molecule has 5 nitrogen and oxygen atoms in total. The zero-order chi connectivity index (χ0) is 15.7. The molecule has 2 aromatic rings. The highest BCUT2D eigenvalue weighted by molar-refractivity contribution is 6.34. The van der Waals surface area contributed by atoms with Crippen molar-refractivity contribution >= 4 is 29.1 Å². The Balaban J connectivity index is 1.97. The van der Waals surface area contributed by atoms with Gasteiger partial charge in [-0.2, -0.15) is 0 Å². The van der Waals surface area contributed by atoms with Gasteiger partial charge in [-0.25, -0.2) is 4.90 Å². The Kier molecular flexibility index (Phi) is 3.47. The molecule has 22 heavy (non-hydrogen) atoms. The van der Waals surface area contributed by atoms with Crippen LogP contribution in [-0.4, -0.2) is 17.7 Å². The third kappa shape index (κ3) is 2.26. The molecular formula is C17H14N2O3. The summed E-state index contributed by atoms with van der Waals surface area (Å²) < 4.78 is 0. The number of amides is 3. The summed E-state index contributed by atoms with van der Waals surface area (Å²) in [5.74, 6) is -0.866. The lowest BCUT2D eigenvalue weighted by molar-refractivity contribution is -0.115. The maximum atomic E-state index is 12.5. The van der Waals surface area contributed by atoms with Crippen LogP contribution in [0.3, 0.4) is 0 Å². The first-order valence-corrected chi connectivity index (χ1v) is 6.99. The lowest BCUT2D eigenvalue weighted by Crippen LogP contribution is -2.29. The number of rotatable bonds is 3. The lowest BCUT2D eigenvalue weighted by Gasteiger charge is -2.13. The van der Waals surface area contributed by atoms with Crippen LogP contribution in [0.4, 0.5) is 11.4 Å². The molecule has 2 aromatic carbocycles. The second kappa shape index (κ2) is 5.44. The van der Waals surface area contributed by atoms with E-state index in [1.165, 1.54) is 0 Å². The molecule has 0 aromatic heterocycles. The normalized spacial score (nSPS) is 13.2. The number of imide groups is 1. The van der Waals surface area contributed by atoms with Crippen molar-refractivity contribution in [2.24, 2.45) is 0 Å². The number of nitrogens with one attached hydrogen (secondary N) is 1. The molecule has 0 fully saturated rings. The van der Waals surface area contributed by atoms with Crippen molar-refractivity contribution in [3.8, 4) is 0 Å². The number of anilines is 2. The molecular weight excluding hydrogens is 280 g/mol. The summed E-state index contributed by atoms with van der Waals surface area (Å²) >= 11 is 0. The van der Waals surface area contributed by atoms with Gasteiger partial charge in [-0.1, -0.05) is 25.1 Å². The van der Waals surface area contributed by atoms with Gasteiger partial charge in [-0.05, 0) is 30.3 Å². The first kappa shape index (κ1) is 14.0. The molecule has 3 rings (SSSR count). The number of fused-ring (bicyclic) bond motifs is 1. The van der Waals surface area contributed by atoms with Gasteiger partial charge in [0.2, 0.25) is 5.91 Å². The molecule has 0 saturated carbocycles. The minimum Gasteiger partial charge on any atom is -0.326 e. The van der Waals surface area contributed by atoms with Crippen LogP contribution >= 0.6 is 0 Å². The summed E-state index contributed by atoms with van der Waals surface area (Å²) in [6.45, 7) is 1.74. The van der Waals surface area contributed by atoms with Gasteiger partial charge in [-0.15, -0.1) is 0 Å². The molecule has 0 saturated heterocycles. The summed E-state index contributed by atoms with van der Waals surface area (Å²) in [7, 11) is 0. The van der Waals surface area contributed by atoms with Gasteiger partial charge in [0.1, 0.15) is 0 Å². The molecule has 0 bridgehead atoms. The fraction of sp³-hybridized carbons (Fsp3) is 0.118. The lowest BCUT2D eigenvalue weighted by atomic mass is 10.1. The Labute approximate surface area is 127 Å². The van der Waals surface area contributed by atoms with Crippen molar-refractivity contribution in [1.29, 1.82) is 0 Å². The van der Waals surface area contributed by atoms with Gasteiger partial charge in [0.05, 0.1) is 16.8 Å². The maximum Gasteiger partial charge on any atom is 0.266 e. The van der Waals surface area contributed by atoms with Gasteiger partial charge < -0.3 is 5.32 Å². The van der Waals surface area contributed by atoms with Gasteiger partial charge in [-0.3, -0.25) is 14.4 Å². The highest BCUT2D eigenvalue weighted by Crippen LogP contribution is 2.30. The fourth-order valence-corrected chi connectivity index (χ4v) is 2.38. The minimum atomic E-state index is -0.376. The standard InChI is InChI=1S/C17H14N2O3/c1-2-15(20)18-11-8-9-13-14(10-11)17(22)19(16(13)21)12-6-4-3-5-7-12/h3-10H,2H2,1H3,(H,18,20). The third-order valence-corrected chi connectivity index (χ3v) is 3.51. The summed E-state index contributed by atoms with van der Waals surface area (Å²) in [5, 5.41) is 2.69. The van der Waals surface area contributed by atoms with Crippen LogP contribution in [0.2, 0.25) is 0 Å². The maximum absolute atomic E-state index is 12.5. The van der Waals surface area contributed by atoms with E-state index in [1.807, 2.05) is 6.07 Å². The molecule has 5 heteroatoms. The van der Waals surface area contributed by atoms with Crippen LogP contribution in [0.15, 0.2) is 48.5 Å². The number of para-hydroxylation sites is 1. The molecule has 3 amide bonds. The largest absolute Gasteiger partial charge is 0.326 e. The summed E-state index contributed by atoms with van der Waals surface area (Å²) in [6, 6.07) is 13.5. The van der Waals surface area contributed by atoms with Crippen LogP contribution in [0.25, 0.3) is 0 Å². The molecule has 0 radical (unpaired) electrons. The summed E-state index contributed by atoms with van der Waals surface area (Å²) in [5.41, 5.74) is 1.71. The molecule has 1 aliphatic rings. The fourth-order valence-electron chi connectivity index (χ4n) is 2.38. The SMILES string of the molecule is CCC(=O)Nc1ccc2c(c1)C(=O)N(c1ccccc1)C2=O. The molecule has 0 unspecified atom stereocenters. The average Bonchev–Trinajstić information content (AvgIpc) is 2.79. The van der Waals surface area contributed by atoms with E-state index in [2.05, 4.69) is 5.32 Å². The minimum absolute atomic E-state index is 0.142. The van der Waals surface area contributed by atoms with E-state index in [0.717, 1.165) is 4.90 Å². The zero-order valence-electron chi connectivity index (χ0n) is 12.0. The van der Waals surface area contributed by atoms with Crippen molar-refractivity contribution in [3.05, 3.63) is 59.7 Å². The predicted octanol–water partition coefficient (Wildman–Crippen LogP) is 2.84. The third-order valence-electron chi connectivity index (χ3n) is 3.51. The predicted molar refractivity (Wildman–Crippen MR) is 82.9 cm³/mol. The Bertz CT molecular complexity index is 769. The molecule has 1 heterocycles. The first-order valence-electron chi connectivity index (χ1n) is 6.99. The van der Waals surface area contributed by atoms with Gasteiger partial charge in [0, 0.05) is 12.1 Å². The Morgan fingerprint density at radius 2 is 1.68 bits per heavy atom. The number of nitrogens with zero attached hydrogens (tertiary/aromatic N) is 1. The molecule has 1 aliphatic heterocycles. The smallest absolute Gasteiger partial charge is 0.266 e. The van der Waals surface area contributed by atoms with Crippen LogP contribution < -0.4 is 10.2 Å². The van der Waals surface area contributed by atoms with Crippen LogP contribution in [-0.2, 0) is 4.79 Å². The highest BCUT2D eigenvalue weighted by Gasteiger charge is 2.36. The van der Waals surface area contributed by atoms with E-state index in [-0.39, 0.29) is 17.7 Å². The second-order valence-corrected chi connectivity index (χ2v) is 4.94. The summed E-state index contributed by atoms with van der Waals surface area (Å²) in [6.07, 6.45) is 0.347. The molecule has 1 N–H and O–H groups in total. The topological polar surface area (TPSA) is 66.5 Å². The van der Waals surface area contributed by atoms with E-state index in [9.17, 15) is 14.4 Å². The number of carbonyl (C=O) groups excluding carboxylic acids is 3. The monoisotopic (exact) mass is 294 g/mol. The molecule has 0 spiro atoms. The van der Waals surface area contributed by atoms with Crippen molar-refractivity contribution in [1.82, 2.24) is 0 Å². The summed E-state index contributed by atoms with van der Waals surface area (Å²) in [4.78, 5) is 37.5. The number of hydrogen-bond acceptors (Lipinski definition) is 3. The van der Waals surface area contributed by atoms with Gasteiger partial charge in [0.15, 0.2) is 0 Å². The van der Waals surface area contributed by atoms with Crippen LogP contribution in [0.1, 0.15) is 34.1 Å². The Morgan fingerprint density at radius 1 is 1.00 bits per heavy atom. The van der Waals surface area contributed by atoms with E-state index < -0.39 is 0 Å².